The van der Waals surface area contributed by atoms with Gasteiger partial charge in [-0.3, -0.25) is 4.79 Å². The molecule has 0 spiro atoms. The molecule has 5 heteroatoms. The average Bonchev–Trinajstić information content (AvgIpc) is 3.18. The third-order valence-corrected chi connectivity index (χ3v) is 4.95. The van der Waals surface area contributed by atoms with E-state index >= 15 is 0 Å². The SMILES string of the molecule is O=C(C[C@@H]1CCCO1)N1CCC[C@]1(Cc1ccccc1)C(=O)O. The van der Waals surface area contributed by atoms with Crippen LogP contribution in [0.3, 0.4) is 0 Å². The summed E-state index contributed by atoms with van der Waals surface area (Å²) in [5, 5.41) is 9.88. The zero-order valence-corrected chi connectivity index (χ0v) is 13.2. The lowest BCUT2D eigenvalue weighted by atomic mass is 9.87. The van der Waals surface area contributed by atoms with E-state index in [9.17, 15) is 14.7 Å². The number of amides is 1. The first-order valence-corrected chi connectivity index (χ1v) is 8.31. The summed E-state index contributed by atoms with van der Waals surface area (Å²) < 4.78 is 5.54. The van der Waals surface area contributed by atoms with Gasteiger partial charge in [-0.05, 0) is 31.2 Å². The minimum Gasteiger partial charge on any atom is -0.479 e. The Morgan fingerprint density at radius 3 is 2.70 bits per heavy atom. The normalized spacial score (nSPS) is 27.3. The van der Waals surface area contributed by atoms with Crippen LogP contribution in [-0.2, 0) is 20.7 Å². The maximum absolute atomic E-state index is 12.7. The molecule has 2 saturated heterocycles. The monoisotopic (exact) mass is 317 g/mol. The van der Waals surface area contributed by atoms with Gasteiger partial charge in [-0.1, -0.05) is 30.3 Å². The van der Waals surface area contributed by atoms with Crippen LogP contribution in [0, 0.1) is 0 Å². The van der Waals surface area contributed by atoms with Gasteiger partial charge in [-0.15, -0.1) is 0 Å². The third kappa shape index (κ3) is 3.24. The summed E-state index contributed by atoms with van der Waals surface area (Å²) in [5.74, 6) is -0.993. The van der Waals surface area contributed by atoms with E-state index in [1.54, 1.807) is 4.90 Å². The lowest BCUT2D eigenvalue weighted by Gasteiger charge is -2.35. The Bertz CT molecular complexity index is 568. The molecule has 5 nitrogen and oxygen atoms in total. The van der Waals surface area contributed by atoms with Crippen LogP contribution in [0.25, 0.3) is 0 Å². The van der Waals surface area contributed by atoms with Gasteiger partial charge in [-0.2, -0.15) is 0 Å². The molecule has 2 aliphatic rings. The second-order valence-electron chi connectivity index (χ2n) is 6.49. The molecule has 2 heterocycles. The molecule has 2 atom stereocenters. The Hall–Kier alpha value is -1.88. The van der Waals surface area contributed by atoms with E-state index in [-0.39, 0.29) is 12.0 Å². The molecule has 1 N–H and O–H groups in total. The Balaban J connectivity index is 1.79. The number of ether oxygens (including phenoxy) is 1. The molecule has 0 radical (unpaired) electrons. The van der Waals surface area contributed by atoms with Crippen molar-refractivity contribution in [3.05, 3.63) is 35.9 Å². The molecule has 23 heavy (non-hydrogen) atoms. The number of nitrogens with zero attached hydrogens (tertiary/aromatic N) is 1. The fourth-order valence-electron chi connectivity index (χ4n) is 3.77. The molecule has 0 aromatic heterocycles. The molecule has 1 amide bonds. The van der Waals surface area contributed by atoms with E-state index in [1.165, 1.54) is 0 Å². The summed E-state index contributed by atoms with van der Waals surface area (Å²) in [6, 6.07) is 9.56. The van der Waals surface area contributed by atoms with Crippen molar-refractivity contribution in [1.29, 1.82) is 0 Å². The quantitative estimate of drug-likeness (QED) is 0.904. The number of likely N-dealkylation sites (tertiary alicyclic amines) is 1. The topological polar surface area (TPSA) is 66.8 Å². The molecule has 2 aliphatic heterocycles. The van der Waals surface area contributed by atoms with Gasteiger partial charge >= 0.3 is 5.97 Å². The van der Waals surface area contributed by atoms with Crippen LogP contribution in [-0.4, -0.2) is 46.7 Å². The third-order valence-electron chi connectivity index (χ3n) is 4.95. The molecular formula is C18H23NO4. The summed E-state index contributed by atoms with van der Waals surface area (Å²) in [7, 11) is 0. The standard InChI is InChI=1S/C18H23NO4/c20-16(12-15-8-4-11-23-15)19-10-5-9-18(19,17(21)22)13-14-6-2-1-3-7-14/h1-3,6-7,15H,4-5,8-13H2,(H,21,22)/t15-,18-/m0/s1. The largest absolute Gasteiger partial charge is 0.479 e. The van der Waals surface area contributed by atoms with Crippen LogP contribution in [0.4, 0.5) is 0 Å². The molecule has 0 aliphatic carbocycles. The van der Waals surface area contributed by atoms with E-state index in [0.29, 0.717) is 32.4 Å². The Labute approximate surface area is 136 Å². The molecule has 0 unspecified atom stereocenters. The second-order valence-corrected chi connectivity index (χ2v) is 6.49. The van der Waals surface area contributed by atoms with Crippen molar-refractivity contribution in [1.82, 2.24) is 4.90 Å². The van der Waals surface area contributed by atoms with Crippen molar-refractivity contribution in [2.75, 3.05) is 13.2 Å². The van der Waals surface area contributed by atoms with E-state index in [2.05, 4.69) is 0 Å². The van der Waals surface area contributed by atoms with Crippen LogP contribution in [0.2, 0.25) is 0 Å². The lowest BCUT2D eigenvalue weighted by Crippen LogP contribution is -2.55. The van der Waals surface area contributed by atoms with Gasteiger partial charge in [0, 0.05) is 19.6 Å². The summed E-state index contributed by atoms with van der Waals surface area (Å²) in [5.41, 5.74) is -0.163. The van der Waals surface area contributed by atoms with Crippen LogP contribution in [0.15, 0.2) is 30.3 Å². The van der Waals surface area contributed by atoms with Gasteiger partial charge in [0.1, 0.15) is 5.54 Å². The van der Waals surface area contributed by atoms with Crippen molar-refractivity contribution in [3.8, 4) is 0 Å². The van der Waals surface area contributed by atoms with Crippen molar-refractivity contribution in [2.24, 2.45) is 0 Å². The number of rotatable bonds is 5. The van der Waals surface area contributed by atoms with Crippen molar-refractivity contribution >= 4 is 11.9 Å². The summed E-state index contributed by atoms with van der Waals surface area (Å²) in [6.07, 6.45) is 3.71. The number of aliphatic carboxylic acids is 1. The van der Waals surface area contributed by atoms with Gasteiger partial charge < -0.3 is 14.7 Å². The zero-order valence-electron chi connectivity index (χ0n) is 13.2. The van der Waals surface area contributed by atoms with Gasteiger partial charge in [-0.25, -0.2) is 4.79 Å². The van der Waals surface area contributed by atoms with E-state index in [4.69, 9.17) is 4.74 Å². The minimum atomic E-state index is -1.11. The van der Waals surface area contributed by atoms with Crippen molar-refractivity contribution in [3.63, 3.8) is 0 Å². The van der Waals surface area contributed by atoms with Gasteiger partial charge in [0.25, 0.3) is 0 Å². The summed E-state index contributed by atoms with van der Waals surface area (Å²) in [6.45, 7) is 1.22. The highest BCUT2D eigenvalue weighted by atomic mass is 16.5. The van der Waals surface area contributed by atoms with Gasteiger partial charge in [0.2, 0.25) is 5.91 Å². The number of carboxylic acids is 1. The maximum Gasteiger partial charge on any atom is 0.329 e. The number of carbonyl (C=O) groups excluding carboxylic acids is 1. The summed E-state index contributed by atoms with van der Waals surface area (Å²) >= 11 is 0. The van der Waals surface area contributed by atoms with Gasteiger partial charge in [0.15, 0.2) is 0 Å². The molecule has 3 rings (SSSR count). The molecular weight excluding hydrogens is 294 g/mol. The van der Waals surface area contributed by atoms with Crippen LogP contribution in [0.5, 0.6) is 0 Å². The number of hydrogen-bond acceptors (Lipinski definition) is 3. The fourth-order valence-corrected chi connectivity index (χ4v) is 3.77. The van der Waals surface area contributed by atoms with Crippen molar-refractivity contribution in [2.45, 2.75) is 50.2 Å². The van der Waals surface area contributed by atoms with Crippen LogP contribution < -0.4 is 0 Å². The number of benzene rings is 1. The Kier molecular flexibility index (Phi) is 4.66. The predicted molar refractivity (Wildman–Crippen MR) is 85.1 cm³/mol. The average molecular weight is 317 g/mol. The van der Waals surface area contributed by atoms with E-state index < -0.39 is 11.5 Å². The highest BCUT2D eigenvalue weighted by Gasteiger charge is 2.50. The van der Waals surface area contributed by atoms with E-state index in [1.807, 2.05) is 30.3 Å². The zero-order chi connectivity index (χ0) is 16.3. The number of hydrogen-bond donors (Lipinski definition) is 1. The van der Waals surface area contributed by atoms with E-state index in [0.717, 1.165) is 24.8 Å². The first kappa shape index (κ1) is 16.0. The van der Waals surface area contributed by atoms with Crippen molar-refractivity contribution < 1.29 is 19.4 Å². The molecule has 1 aromatic carbocycles. The molecule has 1 aromatic rings. The molecule has 124 valence electrons. The minimum absolute atomic E-state index is 0.0497. The predicted octanol–water partition coefficient (Wildman–Crippen LogP) is 2.24. The number of carbonyl (C=O) groups is 2. The Morgan fingerprint density at radius 1 is 1.26 bits per heavy atom. The molecule has 0 saturated carbocycles. The number of carboxylic acid groups (broad SMARTS) is 1. The smallest absolute Gasteiger partial charge is 0.329 e. The van der Waals surface area contributed by atoms with Crippen LogP contribution in [0.1, 0.15) is 37.7 Å². The van der Waals surface area contributed by atoms with Crippen LogP contribution >= 0.6 is 0 Å². The lowest BCUT2D eigenvalue weighted by molar-refractivity contribution is -0.157. The molecule has 2 fully saturated rings. The second kappa shape index (κ2) is 6.71. The highest BCUT2D eigenvalue weighted by Crippen LogP contribution is 2.34. The molecule has 0 bridgehead atoms. The Morgan fingerprint density at radius 2 is 2.04 bits per heavy atom. The first-order chi connectivity index (χ1) is 11.1. The fraction of sp³-hybridized carbons (Fsp3) is 0.556. The highest BCUT2D eigenvalue weighted by molar-refractivity contribution is 5.88. The maximum atomic E-state index is 12.7. The summed E-state index contributed by atoms with van der Waals surface area (Å²) in [4.78, 5) is 26.3. The first-order valence-electron chi connectivity index (χ1n) is 8.31. The van der Waals surface area contributed by atoms with Gasteiger partial charge in [0.05, 0.1) is 12.5 Å².